The zero-order valence-corrected chi connectivity index (χ0v) is 12.9. The van der Waals surface area contributed by atoms with Crippen LogP contribution in [0.25, 0.3) is 0 Å². The van der Waals surface area contributed by atoms with E-state index in [4.69, 9.17) is 9.84 Å². The maximum atomic E-state index is 11.6. The normalized spacial score (nSPS) is 12.0. The highest BCUT2D eigenvalue weighted by atomic mass is 127. The minimum absolute atomic E-state index is 0.181. The first kappa shape index (κ1) is 15.7. The highest BCUT2D eigenvalue weighted by Gasteiger charge is 2.23. The number of carbonyl (C=O) groups excluding carboxylic acids is 1. The van der Waals surface area contributed by atoms with E-state index in [1.165, 1.54) is 0 Å². The minimum atomic E-state index is -1.04. The van der Waals surface area contributed by atoms with Gasteiger partial charge in [0.25, 0.3) is 5.91 Å². The zero-order valence-electron chi connectivity index (χ0n) is 10.7. The molecule has 0 heterocycles. The van der Waals surface area contributed by atoms with Crippen molar-refractivity contribution < 1.29 is 19.4 Å². The second-order valence-electron chi connectivity index (χ2n) is 4.37. The quantitative estimate of drug-likeness (QED) is 0.743. The number of carboxylic acids is 1. The highest BCUT2D eigenvalue weighted by molar-refractivity contribution is 14.1. The Hall–Kier alpha value is -1.31. The second kappa shape index (κ2) is 7.32. The van der Waals surface area contributed by atoms with Crippen molar-refractivity contribution in [2.45, 2.75) is 19.9 Å². The van der Waals surface area contributed by atoms with E-state index in [1.54, 1.807) is 26.0 Å². The van der Waals surface area contributed by atoms with Gasteiger partial charge in [0, 0.05) is 3.57 Å². The molecule has 0 aliphatic rings. The molecule has 1 rings (SSSR count). The first-order valence-electron chi connectivity index (χ1n) is 5.80. The monoisotopic (exact) mass is 377 g/mol. The Morgan fingerprint density at radius 3 is 2.63 bits per heavy atom. The van der Waals surface area contributed by atoms with Crippen LogP contribution in [-0.4, -0.2) is 29.6 Å². The van der Waals surface area contributed by atoms with E-state index in [0.717, 1.165) is 3.57 Å². The van der Waals surface area contributed by atoms with E-state index in [0.29, 0.717) is 5.75 Å². The number of ether oxygens (including phenoxy) is 1. The van der Waals surface area contributed by atoms with Crippen molar-refractivity contribution in [3.63, 3.8) is 0 Å². The van der Waals surface area contributed by atoms with Crippen LogP contribution < -0.4 is 10.1 Å². The summed E-state index contributed by atoms with van der Waals surface area (Å²) in [5, 5.41) is 11.4. The summed E-state index contributed by atoms with van der Waals surface area (Å²) in [4.78, 5) is 22.6. The lowest BCUT2D eigenvalue weighted by molar-refractivity contribution is -0.143. The lowest BCUT2D eigenvalue weighted by Gasteiger charge is -2.17. The van der Waals surface area contributed by atoms with E-state index < -0.39 is 17.9 Å². The van der Waals surface area contributed by atoms with Gasteiger partial charge in [-0.1, -0.05) is 19.9 Å². The van der Waals surface area contributed by atoms with Crippen LogP contribution >= 0.6 is 22.6 Å². The predicted molar refractivity (Wildman–Crippen MR) is 79.1 cm³/mol. The first-order valence-corrected chi connectivity index (χ1v) is 6.88. The number of carbonyl (C=O) groups is 2. The summed E-state index contributed by atoms with van der Waals surface area (Å²) in [6.07, 6.45) is 0. The molecule has 0 aliphatic heterocycles. The van der Waals surface area contributed by atoms with Gasteiger partial charge in [-0.25, -0.2) is 4.79 Å². The van der Waals surface area contributed by atoms with Gasteiger partial charge in [-0.05, 0) is 46.7 Å². The summed E-state index contributed by atoms with van der Waals surface area (Å²) < 4.78 is 6.30. The molecule has 0 fully saturated rings. The average Bonchev–Trinajstić information content (AvgIpc) is 2.32. The summed E-state index contributed by atoms with van der Waals surface area (Å²) in [7, 11) is 0. The van der Waals surface area contributed by atoms with Crippen LogP contribution in [0, 0.1) is 9.49 Å². The van der Waals surface area contributed by atoms with E-state index in [1.807, 2.05) is 12.1 Å². The second-order valence-corrected chi connectivity index (χ2v) is 5.62. The van der Waals surface area contributed by atoms with Gasteiger partial charge in [-0.3, -0.25) is 4.79 Å². The summed E-state index contributed by atoms with van der Waals surface area (Å²) in [5.74, 6) is -1.09. The number of rotatable bonds is 6. The van der Waals surface area contributed by atoms with Gasteiger partial charge in [0.05, 0.1) is 0 Å². The van der Waals surface area contributed by atoms with Gasteiger partial charge in [-0.2, -0.15) is 0 Å². The molecule has 0 spiro atoms. The summed E-state index contributed by atoms with van der Waals surface area (Å²) >= 11 is 2.14. The lowest BCUT2D eigenvalue weighted by atomic mass is 10.1. The summed E-state index contributed by atoms with van der Waals surface area (Å²) in [5.41, 5.74) is 0. The number of amides is 1. The Labute approximate surface area is 125 Å². The number of nitrogens with one attached hydrogen (secondary N) is 1. The Kier molecular flexibility index (Phi) is 6.07. The fraction of sp³-hybridized carbons (Fsp3) is 0.385. The van der Waals surface area contributed by atoms with Crippen molar-refractivity contribution in [1.29, 1.82) is 0 Å². The Bertz CT molecular complexity index is 462. The topological polar surface area (TPSA) is 75.6 Å². The first-order chi connectivity index (χ1) is 8.90. The molecule has 19 heavy (non-hydrogen) atoms. The SMILES string of the molecule is CC(C)[C@H](NC(=O)COc1cccc(I)c1)C(=O)O. The average molecular weight is 377 g/mol. The van der Waals surface area contributed by atoms with Crippen LogP contribution in [0.3, 0.4) is 0 Å². The largest absolute Gasteiger partial charge is 0.484 e. The molecule has 0 saturated carbocycles. The molecule has 0 radical (unpaired) electrons. The highest BCUT2D eigenvalue weighted by Crippen LogP contribution is 2.14. The smallest absolute Gasteiger partial charge is 0.326 e. The molecule has 0 aliphatic carbocycles. The van der Waals surface area contributed by atoms with Crippen LogP contribution in [0.4, 0.5) is 0 Å². The van der Waals surface area contributed by atoms with Crippen molar-refractivity contribution in [3.8, 4) is 5.75 Å². The van der Waals surface area contributed by atoms with Crippen molar-refractivity contribution in [2.75, 3.05) is 6.61 Å². The molecular weight excluding hydrogens is 361 g/mol. The summed E-state index contributed by atoms with van der Waals surface area (Å²) in [6, 6.07) is 6.37. The van der Waals surface area contributed by atoms with E-state index in [-0.39, 0.29) is 12.5 Å². The molecule has 104 valence electrons. The van der Waals surface area contributed by atoms with Crippen LogP contribution in [-0.2, 0) is 9.59 Å². The molecular formula is C13H16INO4. The molecule has 2 N–H and O–H groups in total. The molecule has 1 atom stereocenters. The fourth-order valence-corrected chi connectivity index (χ4v) is 1.95. The molecule has 0 aromatic heterocycles. The Morgan fingerprint density at radius 1 is 1.42 bits per heavy atom. The predicted octanol–water partition coefficient (Wildman–Crippen LogP) is 1.90. The lowest BCUT2D eigenvalue weighted by Crippen LogP contribution is -2.46. The molecule has 0 unspecified atom stereocenters. The molecule has 6 heteroatoms. The third kappa shape index (κ3) is 5.46. The van der Waals surface area contributed by atoms with Crippen molar-refractivity contribution in [3.05, 3.63) is 27.8 Å². The fourth-order valence-electron chi connectivity index (χ4n) is 1.43. The minimum Gasteiger partial charge on any atom is -0.484 e. The van der Waals surface area contributed by atoms with Crippen LogP contribution in [0.1, 0.15) is 13.8 Å². The van der Waals surface area contributed by atoms with E-state index >= 15 is 0 Å². The van der Waals surface area contributed by atoms with Crippen molar-refractivity contribution >= 4 is 34.5 Å². The van der Waals surface area contributed by atoms with E-state index in [9.17, 15) is 9.59 Å². The van der Waals surface area contributed by atoms with Gasteiger partial charge in [0.15, 0.2) is 6.61 Å². The standard InChI is InChI=1S/C13H16INO4/c1-8(2)12(13(17)18)15-11(16)7-19-10-5-3-4-9(14)6-10/h3-6,8,12H,7H2,1-2H3,(H,15,16)(H,17,18)/t12-/m0/s1. The maximum absolute atomic E-state index is 11.6. The summed E-state index contributed by atoms with van der Waals surface area (Å²) in [6.45, 7) is 3.27. The molecule has 5 nitrogen and oxygen atoms in total. The molecule has 1 aromatic rings. The van der Waals surface area contributed by atoms with Gasteiger partial charge in [0.2, 0.25) is 0 Å². The number of hydrogen-bond acceptors (Lipinski definition) is 3. The van der Waals surface area contributed by atoms with E-state index in [2.05, 4.69) is 27.9 Å². The Morgan fingerprint density at radius 2 is 2.11 bits per heavy atom. The Balaban J connectivity index is 2.49. The molecule has 1 aromatic carbocycles. The van der Waals surface area contributed by atoms with Gasteiger partial charge in [-0.15, -0.1) is 0 Å². The zero-order chi connectivity index (χ0) is 14.4. The van der Waals surface area contributed by atoms with Crippen molar-refractivity contribution in [1.82, 2.24) is 5.32 Å². The number of carboxylic acid groups (broad SMARTS) is 1. The molecule has 0 bridgehead atoms. The van der Waals surface area contributed by atoms with Gasteiger partial charge >= 0.3 is 5.97 Å². The number of halogens is 1. The number of benzene rings is 1. The van der Waals surface area contributed by atoms with Gasteiger partial charge < -0.3 is 15.2 Å². The third-order valence-corrected chi connectivity index (χ3v) is 3.09. The number of hydrogen-bond donors (Lipinski definition) is 2. The van der Waals surface area contributed by atoms with Crippen LogP contribution in [0.15, 0.2) is 24.3 Å². The molecule has 1 amide bonds. The van der Waals surface area contributed by atoms with Crippen molar-refractivity contribution in [2.24, 2.45) is 5.92 Å². The maximum Gasteiger partial charge on any atom is 0.326 e. The van der Waals surface area contributed by atoms with Crippen LogP contribution in [0.2, 0.25) is 0 Å². The third-order valence-electron chi connectivity index (χ3n) is 2.42. The number of aliphatic carboxylic acids is 1. The van der Waals surface area contributed by atoms with Gasteiger partial charge in [0.1, 0.15) is 11.8 Å². The molecule has 0 saturated heterocycles. The van der Waals surface area contributed by atoms with Crippen LogP contribution in [0.5, 0.6) is 5.75 Å².